The number of rotatable bonds is 7. The van der Waals surface area contributed by atoms with Crippen LogP contribution in [0.3, 0.4) is 0 Å². The lowest BCUT2D eigenvalue weighted by molar-refractivity contribution is -0.113. The van der Waals surface area contributed by atoms with Gasteiger partial charge in [0.05, 0.1) is 0 Å². The van der Waals surface area contributed by atoms with E-state index in [2.05, 4.69) is 75.0 Å². The predicted octanol–water partition coefficient (Wildman–Crippen LogP) is 8.04. The molecule has 0 aromatic carbocycles. The summed E-state index contributed by atoms with van der Waals surface area (Å²) in [6, 6.07) is 0. The van der Waals surface area contributed by atoms with Crippen LogP contribution in [0, 0.1) is 51.8 Å². The van der Waals surface area contributed by atoms with Gasteiger partial charge < -0.3 is 14.0 Å². The van der Waals surface area contributed by atoms with E-state index in [0.29, 0.717) is 29.4 Å². The van der Waals surface area contributed by atoms with Crippen molar-refractivity contribution in [2.75, 3.05) is 13.2 Å². The minimum Gasteiger partial charge on any atom is -0.432 e. The Hall–Kier alpha value is -0.250. The molecule has 0 spiro atoms. The second kappa shape index (κ2) is 9.44. The molecule has 10 atom stereocenters. The molecule has 1 aliphatic heterocycles. The maximum absolute atomic E-state index is 7.58. The fourth-order valence-electron chi connectivity index (χ4n) is 9.91. The molecule has 7 aliphatic rings. The molecule has 7 fully saturated rings. The van der Waals surface area contributed by atoms with Gasteiger partial charge in [0, 0.05) is 25.1 Å². The first-order valence-corrected chi connectivity index (χ1v) is 15.3. The van der Waals surface area contributed by atoms with Crippen molar-refractivity contribution in [3.63, 3.8) is 0 Å². The van der Waals surface area contributed by atoms with E-state index in [4.69, 9.17) is 14.0 Å². The number of hydrogen-bond acceptors (Lipinski definition) is 3. The molecule has 36 heavy (non-hydrogen) atoms. The number of hydrogen-bond donors (Lipinski definition) is 0. The molecule has 4 bridgehead atoms. The topological polar surface area (TPSA) is 27.7 Å². The molecule has 0 radical (unpaired) electrons. The molecule has 1 heterocycles. The van der Waals surface area contributed by atoms with Crippen LogP contribution in [-0.4, -0.2) is 33.4 Å². The van der Waals surface area contributed by atoms with Crippen LogP contribution in [0.15, 0.2) is 12.7 Å². The van der Waals surface area contributed by atoms with E-state index in [1.807, 2.05) is 0 Å². The molecule has 0 aromatic rings. The Morgan fingerprint density at radius 2 is 1.36 bits per heavy atom. The molecular formula is C31H54B2O3. The van der Waals surface area contributed by atoms with Crippen LogP contribution in [0.4, 0.5) is 0 Å². The van der Waals surface area contributed by atoms with Gasteiger partial charge in [-0.3, -0.25) is 0 Å². The molecule has 6 aliphatic carbocycles. The van der Waals surface area contributed by atoms with Crippen LogP contribution < -0.4 is 0 Å². The maximum Gasteiger partial charge on any atom is 0.466 e. The van der Waals surface area contributed by atoms with Gasteiger partial charge in [0.1, 0.15) is 0 Å². The SMILES string of the molecule is C=C[C@H](B1OCCCO1)[C@H](OB([C@@H]1C[C@@H]2C[C@H]([C@H]1C)C2(C)C)[C@@H]1C[C@@H]2C[C@H]([C@H]1C)C2(C)C)C(C)(C)C. The molecule has 0 aromatic heterocycles. The van der Waals surface area contributed by atoms with Gasteiger partial charge in [-0.05, 0) is 82.6 Å². The van der Waals surface area contributed by atoms with Crippen molar-refractivity contribution in [1.29, 1.82) is 0 Å². The van der Waals surface area contributed by atoms with Crippen molar-refractivity contribution in [2.24, 2.45) is 51.8 Å². The smallest absolute Gasteiger partial charge is 0.432 e. The summed E-state index contributed by atoms with van der Waals surface area (Å²) >= 11 is 0. The maximum atomic E-state index is 7.58. The summed E-state index contributed by atoms with van der Waals surface area (Å²) in [6.07, 6.45) is 8.60. The fourth-order valence-corrected chi connectivity index (χ4v) is 9.91. The van der Waals surface area contributed by atoms with E-state index in [9.17, 15) is 0 Å². The van der Waals surface area contributed by atoms with Crippen molar-refractivity contribution in [3.05, 3.63) is 12.7 Å². The second-order valence-electron chi connectivity index (χ2n) is 15.9. The molecule has 6 saturated carbocycles. The van der Waals surface area contributed by atoms with Gasteiger partial charge in [-0.2, -0.15) is 0 Å². The molecule has 3 nitrogen and oxygen atoms in total. The van der Waals surface area contributed by atoms with Crippen molar-refractivity contribution < 1.29 is 14.0 Å². The zero-order chi connectivity index (χ0) is 26.2. The average Bonchev–Trinajstić information content (AvgIpc) is 2.81. The van der Waals surface area contributed by atoms with Crippen molar-refractivity contribution in [3.8, 4) is 0 Å². The van der Waals surface area contributed by atoms with Gasteiger partial charge in [0.25, 0.3) is 6.92 Å². The van der Waals surface area contributed by atoms with Gasteiger partial charge in [0.2, 0.25) is 0 Å². The highest BCUT2D eigenvalue weighted by Gasteiger charge is 2.64. The first kappa shape index (κ1) is 27.3. The highest BCUT2D eigenvalue weighted by Crippen LogP contribution is 2.69. The highest BCUT2D eigenvalue weighted by atomic mass is 16.6. The van der Waals surface area contributed by atoms with E-state index in [-0.39, 0.29) is 24.5 Å². The first-order valence-electron chi connectivity index (χ1n) is 15.3. The van der Waals surface area contributed by atoms with Crippen LogP contribution >= 0.6 is 0 Å². The summed E-state index contributed by atoms with van der Waals surface area (Å²) in [4.78, 5) is 0. The van der Waals surface area contributed by atoms with Crippen LogP contribution in [0.2, 0.25) is 17.5 Å². The third-order valence-electron chi connectivity index (χ3n) is 12.6. The lowest BCUT2D eigenvalue weighted by Gasteiger charge is -2.66. The zero-order valence-corrected chi connectivity index (χ0v) is 24.9. The van der Waals surface area contributed by atoms with Crippen LogP contribution in [0.25, 0.3) is 0 Å². The molecule has 7 rings (SSSR count). The van der Waals surface area contributed by atoms with Gasteiger partial charge in [-0.25, -0.2) is 0 Å². The Balaban J connectivity index is 1.46. The van der Waals surface area contributed by atoms with E-state index in [1.165, 1.54) is 25.7 Å². The third-order valence-corrected chi connectivity index (χ3v) is 12.6. The summed E-state index contributed by atoms with van der Waals surface area (Å²) in [6.45, 7) is 28.4. The largest absolute Gasteiger partial charge is 0.466 e. The Morgan fingerprint density at radius 3 is 1.72 bits per heavy atom. The summed E-state index contributed by atoms with van der Waals surface area (Å²) in [5, 5.41) is 0. The molecule has 0 N–H and O–H groups in total. The van der Waals surface area contributed by atoms with Gasteiger partial charge in [0.15, 0.2) is 0 Å². The monoisotopic (exact) mass is 496 g/mol. The predicted molar refractivity (Wildman–Crippen MR) is 152 cm³/mol. The van der Waals surface area contributed by atoms with E-state index < -0.39 is 0 Å². The minimum atomic E-state index is -0.242. The first-order chi connectivity index (χ1) is 16.8. The molecule has 5 heteroatoms. The van der Waals surface area contributed by atoms with Crippen LogP contribution in [0.1, 0.15) is 94.4 Å². The van der Waals surface area contributed by atoms with E-state index in [0.717, 1.165) is 55.1 Å². The Labute approximate surface area is 223 Å². The summed E-state index contributed by atoms with van der Waals surface area (Å²) in [5.41, 5.74) is 0.973. The standard InChI is InChI=1S/C31H54B2O3/c1-11-25(33-34-13-12-14-35-33)28(29(4,5)6)36-32(26-17-21-15-23(19(26)2)30(21,7)8)27-18-22-16-24(20(27)3)31(22,9)10/h11,19-28H,1,12-18H2,2-10H3/t19-,20-,21+,22+,23-,24-,25+,26-,27-,28+/m1/s1. The second-order valence-corrected chi connectivity index (χ2v) is 15.9. The molecule has 1 saturated heterocycles. The van der Waals surface area contributed by atoms with Crippen molar-refractivity contribution in [1.82, 2.24) is 0 Å². The summed E-state index contributed by atoms with van der Waals surface area (Å²) < 4.78 is 19.9. The van der Waals surface area contributed by atoms with Gasteiger partial charge >= 0.3 is 7.12 Å². The zero-order valence-electron chi connectivity index (χ0n) is 24.9. The fraction of sp³-hybridized carbons (Fsp3) is 0.935. The Bertz CT molecular complexity index is 771. The van der Waals surface area contributed by atoms with E-state index in [1.54, 1.807) is 0 Å². The van der Waals surface area contributed by atoms with E-state index >= 15 is 0 Å². The molecular weight excluding hydrogens is 442 g/mol. The Kier molecular flexibility index (Phi) is 7.17. The highest BCUT2D eigenvalue weighted by molar-refractivity contribution is 6.56. The molecule has 202 valence electrons. The molecule has 0 amide bonds. The summed E-state index contributed by atoms with van der Waals surface area (Å²) in [7, 11) is -0.242. The van der Waals surface area contributed by atoms with Gasteiger partial charge in [-0.15, -0.1) is 6.58 Å². The van der Waals surface area contributed by atoms with Crippen LogP contribution in [0.5, 0.6) is 0 Å². The average molecular weight is 496 g/mol. The van der Waals surface area contributed by atoms with Crippen molar-refractivity contribution in [2.45, 2.75) is 118 Å². The number of fused-ring (bicyclic) bond motifs is 4. The Morgan fingerprint density at radius 1 is 0.889 bits per heavy atom. The summed E-state index contributed by atoms with van der Waals surface area (Å²) in [5.74, 6) is 6.17. The normalized spacial score (nSPS) is 42.5. The molecule has 0 unspecified atom stereocenters. The lowest BCUT2D eigenvalue weighted by atomic mass is 9.27. The van der Waals surface area contributed by atoms with Gasteiger partial charge in [-0.1, -0.05) is 81.2 Å². The third kappa shape index (κ3) is 4.30. The van der Waals surface area contributed by atoms with Crippen molar-refractivity contribution >= 4 is 14.0 Å². The quantitative estimate of drug-likeness (QED) is 0.264. The lowest BCUT2D eigenvalue weighted by Crippen LogP contribution is -2.61. The van der Waals surface area contributed by atoms with Crippen LogP contribution in [-0.2, 0) is 14.0 Å². The minimum absolute atomic E-state index is 0.0263.